The van der Waals surface area contributed by atoms with Crippen molar-refractivity contribution < 1.29 is 9.90 Å². The molecule has 1 fully saturated rings. The number of rotatable bonds is 3. The van der Waals surface area contributed by atoms with Crippen molar-refractivity contribution in [1.82, 2.24) is 0 Å². The summed E-state index contributed by atoms with van der Waals surface area (Å²) in [5, 5.41) is 8.86. The number of carboxylic acids is 1. The SMILES string of the molecule is NC(C(=O)O)c1ccc(N2CCCCCC2)cc1. The fraction of sp³-hybridized carbons (Fsp3) is 0.500. The molecule has 4 heteroatoms. The van der Waals surface area contributed by atoms with Gasteiger partial charge in [0.2, 0.25) is 0 Å². The monoisotopic (exact) mass is 248 g/mol. The van der Waals surface area contributed by atoms with E-state index in [1.807, 2.05) is 24.3 Å². The first-order chi connectivity index (χ1) is 8.68. The highest BCUT2D eigenvalue weighted by Gasteiger charge is 2.15. The second-order valence-corrected chi connectivity index (χ2v) is 4.81. The molecular weight excluding hydrogens is 228 g/mol. The highest BCUT2D eigenvalue weighted by Crippen LogP contribution is 2.21. The fourth-order valence-electron chi connectivity index (χ4n) is 2.36. The van der Waals surface area contributed by atoms with Crippen LogP contribution in [-0.2, 0) is 4.79 Å². The van der Waals surface area contributed by atoms with E-state index in [0.717, 1.165) is 13.1 Å². The Morgan fingerprint density at radius 3 is 2.17 bits per heavy atom. The molecule has 1 aliphatic rings. The number of hydrogen-bond acceptors (Lipinski definition) is 3. The lowest BCUT2D eigenvalue weighted by atomic mass is 10.1. The summed E-state index contributed by atoms with van der Waals surface area (Å²) in [6.07, 6.45) is 5.07. The van der Waals surface area contributed by atoms with Crippen LogP contribution >= 0.6 is 0 Å². The maximum Gasteiger partial charge on any atom is 0.325 e. The van der Waals surface area contributed by atoms with Gasteiger partial charge in [-0.15, -0.1) is 0 Å². The lowest BCUT2D eigenvalue weighted by Crippen LogP contribution is -2.24. The third-order valence-corrected chi connectivity index (χ3v) is 3.49. The Hall–Kier alpha value is -1.55. The molecule has 1 saturated heterocycles. The van der Waals surface area contributed by atoms with Crippen molar-refractivity contribution in [3.8, 4) is 0 Å². The zero-order valence-electron chi connectivity index (χ0n) is 10.5. The molecule has 1 unspecified atom stereocenters. The Labute approximate surface area is 107 Å². The average Bonchev–Trinajstić information content (AvgIpc) is 2.67. The summed E-state index contributed by atoms with van der Waals surface area (Å²) >= 11 is 0. The van der Waals surface area contributed by atoms with E-state index in [2.05, 4.69) is 4.90 Å². The minimum absolute atomic E-state index is 0.654. The van der Waals surface area contributed by atoms with Crippen molar-refractivity contribution in [2.24, 2.45) is 5.73 Å². The number of carbonyl (C=O) groups is 1. The van der Waals surface area contributed by atoms with Crippen LogP contribution in [0.1, 0.15) is 37.3 Å². The summed E-state index contributed by atoms with van der Waals surface area (Å²) in [7, 11) is 0. The van der Waals surface area contributed by atoms with Gasteiger partial charge in [-0.2, -0.15) is 0 Å². The molecule has 1 aromatic rings. The van der Waals surface area contributed by atoms with Gasteiger partial charge in [-0.05, 0) is 30.5 Å². The van der Waals surface area contributed by atoms with Gasteiger partial charge in [0.25, 0.3) is 0 Å². The van der Waals surface area contributed by atoms with Gasteiger partial charge in [-0.3, -0.25) is 4.79 Å². The first kappa shape index (κ1) is 12.9. The minimum atomic E-state index is -0.988. The van der Waals surface area contributed by atoms with Crippen molar-refractivity contribution in [3.05, 3.63) is 29.8 Å². The van der Waals surface area contributed by atoms with Crippen LogP contribution in [0.5, 0.6) is 0 Å². The summed E-state index contributed by atoms with van der Waals surface area (Å²) in [6, 6.07) is 6.66. The zero-order valence-corrected chi connectivity index (χ0v) is 10.5. The topological polar surface area (TPSA) is 66.6 Å². The van der Waals surface area contributed by atoms with Crippen LogP contribution in [-0.4, -0.2) is 24.2 Å². The van der Waals surface area contributed by atoms with Gasteiger partial charge >= 0.3 is 5.97 Å². The number of nitrogens with two attached hydrogens (primary N) is 1. The molecule has 4 nitrogen and oxygen atoms in total. The second kappa shape index (κ2) is 5.87. The lowest BCUT2D eigenvalue weighted by Gasteiger charge is -2.23. The van der Waals surface area contributed by atoms with E-state index in [1.54, 1.807) is 0 Å². The van der Waals surface area contributed by atoms with Crippen LogP contribution in [0.4, 0.5) is 5.69 Å². The molecule has 0 aromatic heterocycles. The van der Waals surface area contributed by atoms with Crippen LogP contribution in [0, 0.1) is 0 Å². The molecule has 18 heavy (non-hydrogen) atoms. The summed E-state index contributed by atoms with van der Waals surface area (Å²) in [5.74, 6) is -0.988. The van der Waals surface area contributed by atoms with Gasteiger partial charge in [-0.1, -0.05) is 25.0 Å². The van der Waals surface area contributed by atoms with Gasteiger partial charge in [-0.25, -0.2) is 0 Å². The normalized spacial score (nSPS) is 18.2. The second-order valence-electron chi connectivity index (χ2n) is 4.81. The largest absolute Gasteiger partial charge is 0.480 e. The summed E-state index contributed by atoms with van der Waals surface area (Å²) < 4.78 is 0. The standard InChI is InChI=1S/C14H20N2O2/c15-13(14(17)18)11-5-7-12(8-6-11)16-9-3-1-2-4-10-16/h5-8,13H,1-4,9-10,15H2,(H,17,18). The number of hydrogen-bond donors (Lipinski definition) is 2. The van der Waals surface area contributed by atoms with Gasteiger partial charge in [0.15, 0.2) is 0 Å². The molecule has 0 aliphatic carbocycles. The van der Waals surface area contributed by atoms with Crippen molar-refractivity contribution in [3.63, 3.8) is 0 Å². The van der Waals surface area contributed by atoms with E-state index < -0.39 is 12.0 Å². The first-order valence-electron chi connectivity index (χ1n) is 6.52. The number of carboxylic acid groups (broad SMARTS) is 1. The number of benzene rings is 1. The van der Waals surface area contributed by atoms with Crippen molar-refractivity contribution >= 4 is 11.7 Å². The molecule has 3 N–H and O–H groups in total. The molecular formula is C14H20N2O2. The van der Waals surface area contributed by atoms with Crippen LogP contribution in [0.3, 0.4) is 0 Å². The van der Waals surface area contributed by atoms with Crippen LogP contribution in [0.25, 0.3) is 0 Å². The Bertz CT molecular complexity index is 395. The Morgan fingerprint density at radius 1 is 1.11 bits per heavy atom. The zero-order chi connectivity index (χ0) is 13.0. The molecule has 0 spiro atoms. The van der Waals surface area contributed by atoms with E-state index in [4.69, 9.17) is 10.8 Å². The van der Waals surface area contributed by atoms with E-state index in [0.29, 0.717) is 5.56 Å². The molecule has 1 atom stereocenters. The fourth-order valence-corrected chi connectivity index (χ4v) is 2.36. The van der Waals surface area contributed by atoms with Crippen LogP contribution < -0.4 is 10.6 Å². The molecule has 0 radical (unpaired) electrons. The highest BCUT2D eigenvalue weighted by molar-refractivity contribution is 5.75. The maximum absolute atomic E-state index is 10.8. The molecule has 1 aromatic carbocycles. The van der Waals surface area contributed by atoms with E-state index in [1.165, 1.54) is 31.4 Å². The predicted molar refractivity (Wildman–Crippen MR) is 71.7 cm³/mol. The first-order valence-corrected chi connectivity index (χ1v) is 6.52. The third kappa shape index (κ3) is 3.01. The molecule has 0 bridgehead atoms. The Kier molecular flexibility index (Phi) is 4.20. The van der Waals surface area contributed by atoms with Crippen LogP contribution in [0.15, 0.2) is 24.3 Å². The van der Waals surface area contributed by atoms with Crippen molar-refractivity contribution in [1.29, 1.82) is 0 Å². The maximum atomic E-state index is 10.8. The third-order valence-electron chi connectivity index (χ3n) is 3.49. The summed E-state index contributed by atoms with van der Waals surface area (Å²) in [6.45, 7) is 2.18. The molecule has 1 heterocycles. The smallest absolute Gasteiger partial charge is 0.325 e. The van der Waals surface area contributed by atoms with Gasteiger partial charge in [0, 0.05) is 18.8 Å². The van der Waals surface area contributed by atoms with Crippen molar-refractivity contribution in [2.75, 3.05) is 18.0 Å². The number of aliphatic carboxylic acids is 1. The quantitative estimate of drug-likeness (QED) is 0.860. The molecule has 1 aliphatic heterocycles. The minimum Gasteiger partial charge on any atom is -0.480 e. The summed E-state index contributed by atoms with van der Waals surface area (Å²) in [5.41, 5.74) is 7.40. The predicted octanol–water partition coefficient (Wildman–Crippen LogP) is 2.15. The van der Waals surface area contributed by atoms with Crippen molar-refractivity contribution in [2.45, 2.75) is 31.7 Å². The van der Waals surface area contributed by atoms with Crippen LogP contribution in [0.2, 0.25) is 0 Å². The molecule has 0 saturated carbocycles. The van der Waals surface area contributed by atoms with Gasteiger partial charge in [0.05, 0.1) is 0 Å². The van der Waals surface area contributed by atoms with Gasteiger partial charge in [0.1, 0.15) is 6.04 Å². The Balaban J connectivity index is 2.08. The molecule has 0 amide bonds. The van der Waals surface area contributed by atoms with E-state index >= 15 is 0 Å². The van der Waals surface area contributed by atoms with E-state index in [9.17, 15) is 4.79 Å². The van der Waals surface area contributed by atoms with Gasteiger partial charge < -0.3 is 15.7 Å². The number of nitrogens with zero attached hydrogens (tertiary/aromatic N) is 1. The Morgan fingerprint density at radius 2 is 1.67 bits per heavy atom. The number of anilines is 1. The lowest BCUT2D eigenvalue weighted by molar-refractivity contribution is -0.138. The summed E-state index contributed by atoms with van der Waals surface area (Å²) in [4.78, 5) is 13.2. The van der Waals surface area contributed by atoms with E-state index in [-0.39, 0.29) is 0 Å². The highest BCUT2D eigenvalue weighted by atomic mass is 16.4. The molecule has 2 rings (SSSR count). The molecule has 98 valence electrons. The average molecular weight is 248 g/mol.